The third-order valence-electron chi connectivity index (χ3n) is 1.63. The molecule has 1 aliphatic rings. The molecule has 0 amide bonds. The monoisotopic (exact) mass is 182 g/mol. The van der Waals surface area contributed by atoms with Crippen LogP contribution in [0.15, 0.2) is 12.2 Å². The number of Topliss-reactive ketones (excluding diaryl/α,β-unsaturated/α-hetero) is 1. The van der Waals surface area contributed by atoms with Crippen molar-refractivity contribution in [3.8, 4) is 0 Å². The zero-order valence-electron chi connectivity index (χ0n) is 6.52. The van der Waals surface area contributed by atoms with Crippen molar-refractivity contribution >= 4 is 23.3 Å². The van der Waals surface area contributed by atoms with Gasteiger partial charge in [-0.2, -0.15) is 0 Å². The largest absolute Gasteiger partial charge is 0.481 e. The molecule has 0 aromatic heterocycles. The molecule has 13 heavy (non-hydrogen) atoms. The first-order valence-electron chi connectivity index (χ1n) is 3.52. The van der Waals surface area contributed by atoms with E-state index in [2.05, 4.69) is 0 Å². The van der Waals surface area contributed by atoms with Crippen LogP contribution in [0.5, 0.6) is 0 Å². The Morgan fingerprint density at radius 2 is 1.69 bits per heavy atom. The van der Waals surface area contributed by atoms with E-state index >= 15 is 0 Å². The SMILES string of the molecule is O=C(O)CC(=O)C1C(=O)C=CC1=O. The van der Waals surface area contributed by atoms with E-state index in [0.29, 0.717) is 0 Å². The van der Waals surface area contributed by atoms with Crippen molar-refractivity contribution in [3.63, 3.8) is 0 Å². The van der Waals surface area contributed by atoms with Gasteiger partial charge in [-0.25, -0.2) is 0 Å². The summed E-state index contributed by atoms with van der Waals surface area (Å²) in [5.74, 6) is -4.85. The third kappa shape index (κ3) is 1.87. The summed E-state index contributed by atoms with van der Waals surface area (Å²) in [6.45, 7) is 0. The van der Waals surface area contributed by atoms with Gasteiger partial charge >= 0.3 is 5.97 Å². The Labute approximate surface area is 73.0 Å². The predicted octanol–water partition coefficient (Wildman–Crippen LogP) is -0.646. The number of allylic oxidation sites excluding steroid dienone is 2. The van der Waals surface area contributed by atoms with E-state index in [9.17, 15) is 19.2 Å². The molecule has 5 nitrogen and oxygen atoms in total. The lowest BCUT2D eigenvalue weighted by atomic mass is 9.97. The van der Waals surface area contributed by atoms with Crippen LogP contribution in [0.2, 0.25) is 0 Å². The van der Waals surface area contributed by atoms with E-state index in [4.69, 9.17) is 5.11 Å². The molecular formula is C8H6O5. The fraction of sp³-hybridized carbons (Fsp3) is 0.250. The lowest BCUT2D eigenvalue weighted by Gasteiger charge is -2.01. The molecule has 0 unspecified atom stereocenters. The summed E-state index contributed by atoms with van der Waals surface area (Å²) >= 11 is 0. The highest BCUT2D eigenvalue weighted by Crippen LogP contribution is 2.13. The van der Waals surface area contributed by atoms with Gasteiger partial charge in [-0.15, -0.1) is 0 Å². The van der Waals surface area contributed by atoms with Gasteiger partial charge in [0, 0.05) is 0 Å². The second-order valence-electron chi connectivity index (χ2n) is 2.61. The molecule has 0 atom stereocenters. The molecule has 68 valence electrons. The van der Waals surface area contributed by atoms with Gasteiger partial charge < -0.3 is 5.11 Å². The van der Waals surface area contributed by atoms with Crippen molar-refractivity contribution in [3.05, 3.63) is 12.2 Å². The van der Waals surface area contributed by atoms with Gasteiger partial charge in [-0.3, -0.25) is 19.2 Å². The van der Waals surface area contributed by atoms with Crippen LogP contribution >= 0.6 is 0 Å². The van der Waals surface area contributed by atoms with Gasteiger partial charge in [-0.1, -0.05) is 0 Å². The third-order valence-corrected chi connectivity index (χ3v) is 1.63. The topological polar surface area (TPSA) is 88.5 Å². The molecule has 1 N–H and O–H groups in total. The maximum absolute atomic E-state index is 11.0. The van der Waals surface area contributed by atoms with Crippen LogP contribution in [-0.2, 0) is 19.2 Å². The fourth-order valence-electron chi connectivity index (χ4n) is 1.07. The van der Waals surface area contributed by atoms with Gasteiger partial charge in [0.05, 0.1) is 0 Å². The van der Waals surface area contributed by atoms with E-state index in [1.165, 1.54) is 0 Å². The fourth-order valence-corrected chi connectivity index (χ4v) is 1.07. The zero-order chi connectivity index (χ0) is 10.0. The highest BCUT2D eigenvalue weighted by molar-refractivity contribution is 6.31. The van der Waals surface area contributed by atoms with Crippen molar-refractivity contribution in [1.29, 1.82) is 0 Å². The number of hydrogen-bond acceptors (Lipinski definition) is 4. The molecule has 0 spiro atoms. The Bertz CT molecular complexity index is 307. The molecule has 5 heteroatoms. The summed E-state index contributed by atoms with van der Waals surface area (Å²) in [5.41, 5.74) is 0. The van der Waals surface area contributed by atoms with Gasteiger partial charge in [0.1, 0.15) is 12.3 Å². The Morgan fingerprint density at radius 1 is 1.23 bits per heavy atom. The molecule has 0 fully saturated rings. The number of carbonyl (C=O) groups is 4. The Balaban J connectivity index is 2.73. The average Bonchev–Trinajstić information content (AvgIpc) is 2.29. The first kappa shape index (κ1) is 9.31. The highest BCUT2D eigenvalue weighted by Gasteiger charge is 2.35. The molecule has 0 bridgehead atoms. The quantitative estimate of drug-likeness (QED) is 0.586. The molecule has 0 aromatic carbocycles. The Hall–Kier alpha value is -1.78. The molecule has 0 aromatic rings. The van der Waals surface area contributed by atoms with E-state index < -0.39 is 35.7 Å². The van der Waals surface area contributed by atoms with Crippen LogP contribution in [0.25, 0.3) is 0 Å². The molecule has 1 rings (SSSR count). The van der Waals surface area contributed by atoms with Crippen molar-refractivity contribution in [1.82, 2.24) is 0 Å². The lowest BCUT2D eigenvalue weighted by molar-refractivity contribution is -0.142. The number of aliphatic carboxylic acids is 1. The standard InChI is InChI=1S/C8H6O5/c9-4-1-2-5(10)8(4)6(11)3-7(12)13/h1-2,8H,3H2,(H,12,13). The van der Waals surface area contributed by atoms with Gasteiger partial charge in [0.2, 0.25) is 0 Å². The normalized spacial score (nSPS) is 16.6. The van der Waals surface area contributed by atoms with E-state index in [1.807, 2.05) is 0 Å². The number of carboxylic acids is 1. The summed E-state index contributed by atoms with van der Waals surface area (Å²) < 4.78 is 0. The summed E-state index contributed by atoms with van der Waals surface area (Å²) in [6, 6.07) is 0. The summed E-state index contributed by atoms with van der Waals surface area (Å²) in [5, 5.41) is 8.25. The molecular weight excluding hydrogens is 176 g/mol. The summed E-state index contributed by atoms with van der Waals surface area (Å²) in [7, 11) is 0. The van der Waals surface area contributed by atoms with Gasteiger partial charge in [-0.05, 0) is 12.2 Å². The molecule has 0 heterocycles. The van der Waals surface area contributed by atoms with Crippen molar-refractivity contribution in [2.45, 2.75) is 6.42 Å². The van der Waals surface area contributed by atoms with Crippen LogP contribution in [0.4, 0.5) is 0 Å². The minimum absolute atomic E-state index is 0.628. The van der Waals surface area contributed by atoms with Gasteiger partial charge in [0.25, 0.3) is 0 Å². The number of ketones is 3. The number of carbonyl (C=O) groups excluding carboxylic acids is 3. The van der Waals surface area contributed by atoms with Crippen LogP contribution < -0.4 is 0 Å². The summed E-state index contributed by atoms with van der Waals surface area (Å²) in [6.07, 6.45) is 1.20. The maximum atomic E-state index is 11.0. The first-order valence-corrected chi connectivity index (χ1v) is 3.52. The molecule has 0 saturated carbocycles. The smallest absolute Gasteiger partial charge is 0.310 e. The van der Waals surface area contributed by atoms with Crippen LogP contribution in [0.3, 0.4) is 0 Å². The Kier molecular flexibility index (Phi) is 2.36. The molecule has 0 radical (unpaired) electrons. The molecule has 1 aliphatic carbocycles. The lowest BCUT2D eigenvalue weighted by Crippen LogP contribution is -2.27. The van der Waals surface area contributed by atoms with Gasteiger partial charge in [0.15, 0.2) is 17.3 Å². The minimum atomic E-state index is -1.41. The minimum Gasteiger partial charge on any atom is -0.481 e. The van der Waals surface area contributed by atoms with Crippen molar-refractivity contribution < 1.29 is 24.3 Å². The second-order valence-corrected chi connectivity index (χ2v) is 2.61. The van der Waals surface area contributed by atoms with Crippen LogP contribution in [-0.4, -0.2) is 28.4 Å². The molecule has 0 aliphatic heterocycles. The second kappa shape index (κ2) is 3.30. The van der Waals surface area contributed by atoms with E-state index in [0.717, 1.165) is 12.2 Å². The average molecular weight is 182 g/mol. The maximum Gasteiger partial charge on any atom is 0.310 e. The predicted molar refractivity (Wildman–Crippen MR) is 39.9 cm³/mol. The number of hydrogen-bond donors (Lipinski definition) is 1. The Morgan fingerprint density at radius 3 is 2.08 bits per heavy atom. The number of carboxylic acid groups (broad SMARTS) is 1. The highest BCUT2D eigenvalue weighted by atomic mass is 16.4. The summed E-state index contributed by atoms with van der Waals surface area (Å²) in [4.78, 5) is 42.9. The van der Waals surface area contributed by atoms with E-state index in [-0.39, 0.29) is 0 Å². The van der Waals surface area contributed by atoms with E-state index in [1.54, 1.807) is 0 Å². The van der Waals surface area contributed by atoms with Crippen LogP contribution in [0.1, 0.15) is 6.42 Å². The van der Waals surface area contributed by atoms with Crippen molar-refractivity contribution in [2.24, 2.45) is 5.92 Å². The van der Waals surface area contributed by atoms with Crippen molar-refractivity contribution in [2.75, 3.05) is 0 Å². The number of rotatable bonds is 3. The zero-order valence-corrected chi connectivity index (χ0v) is 6.52. The molecule has 0 saturated heterocycles. The van der Waals surface area contributed by atoms with Crippen LogP contribution in [0, 0.1) is 5.92 Å². The first-order chi connectivity index (χ1) is 6.02.